The van der Waals surface area contributed by atoms with Crippen LogP contribution >= 0.6 is 0 Å². The Balaban J connectivity index is 2.16. The number of rotatable bonds is 5. The van der Waals surface area contributed by atoms with Crippen LogP contribution in [0.3, 0.4) is 0 Å². The summed E-state index contributed by atoms with van der Waals surface area (Å²) in [7, 11) is 0. The highest BCUT2D eigenvalue weighted by Gasteiger charge is 2.38. The summed E-state index contributed by atoms with van der Waals surface area (Å²) in [6, 6.07) is 0. The average molecular weight is 293 g/mol. The summed E-state index contributed by atoms with van der Waals surface area (Å²) in [6.45, 7) is 4.07. The minimum absolute atomic E-state index is 0.134. The topological polar surface area (TPSA) is 95.1 Å². The number of carbonyl (C=O) groups is 1. The third-order valence-corrected chi connectivity index (χ3v) is 4.25. The molecule has 1 saturated carbocycles. The van der Waals surface area contributed by atoms with Gasteiger partial charge in [-0.2, -0.15) is 5.10 Å². The molecule has 3 N–H and O–H groups in total. The van der Waals surface area contributed by atoms with Crippen LogP contribution in [-0.2, 0) is 24.2 Å². The molecule has 0 aromatic carbocycles. The SMILES string of the molecule is CCc1n[nH]c(=O)c(CNC(=O)C2(O)CCCC2)c1CC. The molecule has 6 heteroatoms. The second-order valence-corrected chi connectivity index (χ2v) is 5.59. The van der Waals surface area contributed by atoms with Crippen LogP contribution in [-0.4, -0.2) is 26.8 Å². The molecule has 116 valence electrons. The van der Waals surface area contributed by atoms with Crippen LogP contribution in [0.15, 0.2) is 4.79 Å². The summed E-state index contributed by atoms with van der Waals surface area (Å²) >= 11 is 0. The molecule has 6 nitrogen and oxygen atoms in total. The van der Waals surface area contributed by atoms with Crippen molar-refractivity contribution in [1.82, 2.24) is 15.5 Å². The van der Waals surface area contributed by atoms with Gasteiger partial charge in [0.15, 0.2) is 0 Å². The molecule has 1 aliphatic carbocycles. The molecule has 1 fully saturated rings. The molecule has 0 unspecified atom stereocenters. The van der Waals surface area contributed by atoms with Gasteiger partial charge in [-0.1, -0.05) is 13.8 Å². The van der Waals surface area contributed by atoms with Crippen LogP contribution in [0.4, 0.5) is 0 Å². The number of amides is 1. The summed E-state index contributed by atoms with van der Waals surface area (Å²) in [6.07, 6.45) is 4.12. The van der Waals surface area contributed by atoms with Crippen molar-refractivity contribution in [3.8, 4) is 0 Å². The maximum atomic E-state index is 12.1. The van der Waals surface area contributed by atoms with Crippen LogP contribution in [0.2, 0.25) is 0 Å². The van der Waals surface area contributed by atoms with E-state index in [1.54, 1.807) is 0 Å². The molecule has 1 aliphatic rings. The van der Waals surface area contributed by atoms with Gasteiger partial charge in [0.2, 0.25) is 0 Å². The van der Waals surface area contributed by atoms with Crippen molar-refractivity contribution in [2.24, 2.45) is 0 Å². The van der Waals surface area contributed by atoms with E-state index in [1.165, 1.54) is 0 Å². The van der Waals surface area contributed by atoms with E-state index in [0.717, 1.165) is 30.5 Å². The van der Waals surface area contributed by atoms with E-state index >= 15 is 0 Å². The van der Waals surface area contributed by atoms with Gasteiger partial charge >= 0.3 is 0 Å². The van der Waals surface area contributed by atoms with E-state index in [2.05, 4.69) is 15.5 Å². The molecule has 1 heterocycles. The van der Waals surface area contributed by atoms with Crippen LogP contribution < -0.4 is 10.9 Å². The molecular formula is C15H23N3O3. The minimum Gasteiger partial charge on any atom is -0.380 e. The van der Waals surface area contributed by atoms with E-state index < -0.39 is 5.60 Å². The van der Waals surface area contributed by atoms with Crippen molar-refractivity contribution in [2.45, 2.75) is 64.5 Å². The fraction of sp³-hybridized carbons (Fsp3) is 0.667. The molecule has 21 heavy (non-hydrogen) atoms. The molecule has 1 aromatic rings. The molecule has 0 bridgehead atoms. The molecule has 1 aromatic heterocycles. The first kappa shape index (κ1) is 15.7. The zero-order valence-corrected chi connectivity index (χ0v) is 12.7. The van der Waals surface area contributed by atoms with Crippen LogP contribution in [0.1, 0.15) is 56.4 Å². The molecule has 1 amide bonds. The number of hydrogen-bond donors (Lipinski definition) is 3. The van der Waals surface area contributed by atoms with Crippen molar-refractivity contribution >= 4 is 5.91 Å². The molecule has 2 rings (SSSR count). The van der Waals surface area contributed by atoms with Crippen LogP contribution in [0.25, 0.3) is 0 Å². The Morgan fingerprint density at radius 3 is 2.52 bits per heavy atom. The molecule has 0 saturated heterocycles. The summed E-state index contributed by atoms with van der Waals surface area (Å²) in [5.74, 6) is -0.378. The second-order valence-electron chi connectivity index (χ2n) is 5.59. The van der Waals surface area contributed by atoms with Crippen LogP contribution in [0, 0.1) is 0 Å². The van der Waals surface area contributed by atoms with Crippen molar-refractivity contribution in [2.75, 3.05) is 0 Å². The zero-order valence-electron chi connectivity index (χ0n) is 12.7. The number of aromatic nitrogens is 2. The number of H-pyrrole nitrogens is 1. The zero-order chi connectivity index (χ0) is 15.5. The lowest BCUT2D eigenvalue weighted by Crippen LogP contribution is -2.45. The highest BCUT2D eigenvalue weighted by atomic mass is 16.3. The van der Waals surface area contributed by atoms with Crippen molar-refractivity contribution in [1.29, 1.82) is 0 Å². The highest BCUT2D eigenvalue weighted by molar-refractivity contribution is 5.85. The Hall–Kier alpha value is -1.69. The van der Waals surface area contributed by atoms with Gasteiger partial charge in [-0.25, -0.2) is 5.10 Å². The third kappa shape index (κ3) is 3.15. The predicted molar refractivity (Wildman–Crippen MR) is 78.9 cm³/mol. The lowest BCUT2D eigenvalue weighted by Gasteiger charge is -2.21. The number of nitrogens with zero attached hydrogens (tertiary/aromatic N) is 1. The average Bonchev–Trinajstić information content (AvgIpc) is 2.93. The van der Waals surface area contributed by atoms with Gasteiger partial charge in [0.05, 0.1) is 5.69 Å². The maximum absolute atomic E-state index is 12.1. The Kier molecular flexibility index (Phi) is 4.77. The largest absolute Gasteiger partial charge is 0.380 e. The molecule has 0 radical (unpaired) electrons. The van der Waals surface area contributed by atoms with Gasteiger partial charge in [-0.15, -0.1) is 0 Å². The number of carbonyl (C=O) groups excluding carboxylic acids is 1. The normalized spacial score (nSPS) is 16.9. The van der Waals surface area contributed by atoms with E-state index in [-0.39, 0.29) is 18.0 Å². The smallest absolute Gasteiger partial charge is 0.269 e. The summed E-state index contributed by atoms with van der Waals surface area (Å²) in [5, 5.41) is 19.5. The first-order valence-electron chi connectivity index (χ1n) is 7.61. The number of aryl methyl sites for hydroxylation is 1. The van der Waals surface area contributed by atoms with Crippen molar-refractivity contribution in [3.05, 3.63) is 27.2 Å². The monoisotopic (exact) mass is 293 g/mol. The quantitative estimate of drug-likeness (QED) is 0.749. The number of hydrogen-bond acceptors (Lipinski definition) is 4. The first-order chi connectivity index (χ1) is 10.0. The summed E-state index contributed by atoms with van der Waals surface area (Å²) in [5.41, 5.74) is 0.739. The standard InChI is InChI=1S/C15H23N3O3/c1-3-10-11(13(19)18-17-12(10)4-2)9-16-14(20)15(21)7-5-6-8-15/h21H,3-9H2,1-2H3,(H,16,20)(H,18,19). The molecular weight excluding hydrogens is 270 g/mol. The van der Waals surface area contributed by atoms with Crippen molar-refractivity contribution < 1.29 is 9.90 Å². The number of aliphatic hydroxyl groups is 1. The van der Waals surface area contributed by atoms with Gasteiger partial charge < -0.3 is 10.4 Å². The predicted octanol–water partition coefficient (Wildman–Crippen LogP) is 0.816. The molecule has 0 atom stereocenters. The summed E-state index contributed by atoms with van der Waals surface area (Å²) in [4.78, 5) is 24.1. The van der Waals surface area contributed by atoms with E-state index in [4.69, 9.17) is 0 Å². The van der Waals surface area contributed by atoms with E-state index in [0.29, 0.717) is 24.8 Å². The molecule has 0 spiro atoms. The highest BCUT2D eigenvalue weighted by Crippen LogP contribution is 2.29. The fourth-order valence-corrected chi connectivity index (χ4v) is 2.98. The molecule has 0 aliphatic heterocycles. The number of nitrogens with one attached hydrogen (secondary N) is 2. The lowest BCUT2D eigenvalue weighted by atomic mass is 10.0. The first-order valence-corrected chi connectivity index (χ1v) is 7.61. The fourth-order valence-electron chi connectivity index (χ4n) is 2.98. The van der Waals surface area contributed by atoms with Gasteiger partial charge in [-0.05, 0) is 44.1 Å². The maximum Gasteiger partial charge on any atom is 0.269 e. The van der Waals surface area contributed by atoms with E-state index in [9.17, 15) is 14.7 Å². The Labute approximate surface area is 124 Å². The Morgan fingerprint density at radius 2 is 1.95 bits per heavy atom. The number of aromatic amines is 1. The summed E-state index contributed by atoms with van der Waals surface area (Å²) < 4.78 is 0. The minimum atomic E-state index is -1.26. The second kappa shape index (κ2) is 6.39. The van der Waals surface area contributed by atoms with Gasteiger partial charge in [0, 0.05) is 12.1 Å². The van der Waals surface area contributed by atoms with Crippen LogP contribution in [0.5, 0.6) is 0 Å². The third-order valence-electron chi connectivity index (χ3n) is 4.25. The van der Waals surface area contributed by atoms with Gasteiger partial charge in [-0.3, -0.25) is 9.59 Å². The lowest BCUT2D eigenvalue weighted by molar-refractivity contribution is -0.139. The Morgan fingerprint density at radius 1 is 1.29 bits per heavy atom. The van der Waals surface area contributed by atoms with Gasteiger partial charge in [0.1, 0.15) is 5.60 Å². The van der Waals surface area contributed by atoms with E-state index in [1.807, 2.05) is 13.8 Å². The Bertz CT molecular complexity index is 574. The van der Waals surface area contributed by atoms with Crippen molar-refractivity contribution in [3.63, 3.8) is 0 Å². The van der Waals surface area contributed by atoms with Gasteiger partial charge in [0.25, 0.3) is 11.5 Å².